The van der Waals surface area contributed by atoms with Crippen LogP contribution in [0.3, 0.4) is 0 Å². The average molecular weight is 356 g/mol. The maximum Gasteiger partial charge on any atom is 0.222 e. The van der Waals surface area contributed by atoms with Crippen LogP contribution in [0.4, 0.5) is 0 Å². The molecule has 0 unspecified atom stereocenters. The van der Waals surface area contributed by atoms with E-state index in [1.807, 2.05) is 13.8 Å². The van der Waals surface area contributed by atoms with Crippen LogP contribution in [-0.4, -0.2) is 44.2 Å². The molecule has 0 atom stereocenters. The number of hydrogen-bond acceptors (Lipinski definition) is 4. The van der Waals surface area contributed by atoms with E-state index in [1.54, 1.807) is 0 Å². The van der Waals surface area contributed by atoms with Crippen LogP contribution in [-0.2, 0) is 19.1 Å². The number of amides is 1. The Morgan fingerprint density at radius 3 is 2.20 bits per heavy atom. The summed E-state index contributed by atoms with van der Waals surface area (Å²) in [6, 6.07) is 0.216. The van der Waals surface area contributed by atoms with Gasteiger partial charge in [-0.15, -0.1) is 0 Å². The SMILES string of the molecule is CC(C)COCCCOCCC(=O)N[C@H]1CC[C@@H](C(=O)C(C)C)CC1. The summed E-state index contributed by atoms with van der Waals surface area (Å²) in [5, 5.41) is 3.08. The van der Waals surface area contributed by atoms with Crippen LogP contribution in [0.5, 0.6) is 0 Å². The topological polar surface area (TPSA) is 64.6 Å². The van der Waals surface area contributed by atoms with Crippen LogP contribution in [0.15, 0.2) is 0 Å². The monoisotopic (exact) mass is 355 g/mol. The van der Waals surface area contributed by atoms with Crippen molar-refractivity contribution < 1.29 is 19.1 Å². The van der Waals surface area contributed by atoms with Gasteiger partial charge in [0.2, 0.25) is 5.91 Å². The molecule has 1 aliphatic carbocycles. The molecule has 1 rings (SSSR count). The molecular formula is C20H37NO4. The standard InChI is InChI=1S/C20H37NO4/c1-15(2)14-25-12-5-11-24-13-10-19(22)21-18-8-6-17(7-9-18)20(23)16(3)4/h15-18H,5-14H2,1-4H3,(H,21,22)/t17-,18+. The van der Waals surface area contributed by atoms with Gasteiger partial charge in [0.15, 0.2) is 0 Å². The minimum Gasteiger partial charge on any atom is -0.381 e. The lowest BCUT2D eigenvalue weighted by Gasteiger charge is -2.29. The maximum atomic E-state index is 12.0. The summed E-state index contributed by atoms with van der Waals surface area (Å²) in [6.45, 7) is 10.8. The molecule has 5 nitrogen and oxygen atoms in total. The number of hydrogen-bond donors (Lipinski definition) is 1. The van der Waals surface area contributed by atoms with Crippen LogP contribution in [0.25, 0.3) is 0 Å². The van der Waals surface area contributed by atoms with E-state index < -0.39 is 0 Å². The summed E-state index contributed by atoms with van der Waals surface area (Å²) in [7, 11) is 0. The molecular weight excluding hydrogens is 318 g/mol. The smallest absolute Gasteiger partial charge is 0.222 e. The Balaban J connectivity index is 2.02. The van der Waals surface area contributed by atoms with Gasteiger partial charge in [-0.05, 0) is 38.0 Å². The average Bonchev–Trinajstić information content (AvgIpc) is 2.57. The lowest BCUT2D eigenvalue weighted by atomic mass is 9.80. The molecule has 5 heteroatoms. The van der Waals surface area contributed by atoms with E-state index >= 15 is 0 Å². The van der Waals surface area contributed by atoms with Crippen molar-refractivity contribution >= 4 is 11.7 Å². The number of carbonyl (C=O) groups excluding carboxylic acids is 2. The quantitative estimate of drug-likeness (QED) is 0.545. The second kappa shape index (κ2) is 12.4. The Labute approximate surface area is 153 Å². The first-order valence-corrected chi connectivity index (χ1v) is 9.88. The van der Waals surface area contributed by atoms with Crippen molar-refractivity contribution in [3.8, 4) is 0 Å². The van der Waals surface area contributed by atoms with E-state index in [9.17, 15) is 9.59 Å². The van der Waals surface area contributed by atoms with Crippen molar-refractivity contribution in [2.24, 2.45) is 17.8 Å². The van der Waals surface area contributed by atoms with Gasteiger partial charge >= 0.3 is 0 Å². The number of carbonyl (C=O) groups is 2. The first-order chi connectivity index (χ1) is 11.9. The maximum absolute atomic E-state index is 12.0. The Kier molecular flexibility index (Phi) is 11.0. The van der Waals surface area contributed by atoms with Gasteiger partial charge in [-0.1, -0.05) is 27.7 Å². The predicted octanol–water partition coefficient (Wildman–Crippen LogP) is 3.36. The summed E-state index contributed by atoms with van der Waals surface area (Å²) in [4.78, 5) is 24.0. The largest absolute Gasteiger partial charge is 0.381 e. The van der Waals surface area contributed by atoms with Gasteiger partial charge in [0.25, 0.3) is 0 Å². The van der Waals surface area contributed by atoms with Crippen molar-refractivity contribution in [2.45, 2.75) is 72.3 Å². The van der Waals surface area contributed by atoms with Crippen LogP contribution in [0.2, 0.25) is 0 Å². The molecule has 1 fully saturated rings. The van der Waals surface area contributed by atoms with Crippen molar-refractivity contribution in [1.29, 1.82) is 0 Å². The molecule has 1 aliphatic rings. The Morgan fingerprint density at radius 1 is 0.960 bits per heavy atom. The fraction of sp³-hybridized carbons (Fsp3) is 0.900. The lowest BCUT2D eigenvalue weighted by Crippen LogP contribution is -2.39. The first-order valence-electron chi connectivity index (χ1n) is 9.88. The summed E-state index contributed by atoms with van der Waals surface area (Å²) < 4.78 is 11.0. The number of ether oxygens (including phenoxy) is 2. The van der Waals surface area contributed by atoms with Gasteiger partial charge in [-0.3, -0.25) is 9.59 Å². The van der Waals surface area contributed by atoms with Gasteiger partial charge in [-0.25, -0.2) is 0 Å². The highest BCUT2D eigenvalue weighted by Gasteiger charge is 2.28. The minimum atomic E-state index is 0.0506. The molecule has 0 radical (unpaired) electrons. The third-order valence-electron chi connectivity index (χ3n) is 4.57. The van der Waals surface area contributed by atoms with Gasteiger partial charge < -0.3 is 14.8 Å². The van der Waals surface area contributed by atoms with Crippen molar-refractivity contribution in [2.75, 3.05) is 26.4 Å². The molecule has 146 valence electrons. The Morgan fingerprint density at radius 2 is 1.60 bits per heavy atom. The normalized spacial score (nSPS) is 20.9. The molecule has 1 N–H and O–H groups in total. The molecule has 0 aliphatic heterocycles. The van der Waals surface area contributed by atoms with E-state index in [2.05, 4.69) is 19.2 Å². The predicted molar refractivity (Wildman–Crippen MR) is 99.4 cm³/mol. The van der Waals surface area contributed by atoms with Crippen LogP contribution < -0.4 is 5.32 Å². The molecule has 0 heterocycles. The zero-order valence-corrected chi connectivity index (χ0v) is 16.5. The van der Waals surface area contributed by atoms with E-state index in [0.29, 0.717) is 37.9 Å². The highest BCUT2D eigenvalue weighted by Crippen LogP contribution is 2.27. The van der Waals surface area contributed by atoms with Crippen LogP contribution >= 0.6 is 0 Å². The van der Waals surface area contributed by atoms with E-state index in [-0.39, 0.29) is 23.8 Å². The molecule has 0 aromatic carbocycles. The highest BCUT2D eigenvalue weighted by molar-refractivity contribution is 5.83. The fourth-order valence-corrected chi connectivity index (χ4v) is 3.14. The third kappa shape index (κ3) is 9.95. The van der Waals surface area contributed by atoms with E-state index in [4.69, 9.17) is 9.47 Å². The van der Waals surface area contributed by atoms with Gasteiger partial charge in [-0.2, -0.15) is 0 Å². The second-order valence-corrected chi connectivity index (χ2v) is 7.86. The highest BCUT2D eigenvalue weighted by atomic mass is 16.5. The Hall–Kier alpha value is -0.940. The molecule has 0 aromatic rings. The molecule has 1 saturated carbocycles. The van der Waals surface area contributed by atoms with Crippen LogP contribution in [0, 0.1) is 17.8 Å². The number of rotatable bonds is 12. The lowest BCUT2D eigenvalue weighted by molar-refractivity contribution is -0.127. The van der Waals surface area contributed by atoms with Crippen molar-refractivity contribution in [1.82, 2.24) is 5.32 Å². The molecule has 0 bridgehead atoms. The number of ketones is 1. The van der Waals surface area contributed by atoms with E-state index in [0.717, 1.165) is 38.7 Å². The van der Waals surface area contributed by atoms with Crippen LogP contribution in [0.1, 0.15) is 66.2 Å². The Bertz CT molecular complexity index is 387. The van der Waals surface area contributed by atoms with Gasteiger partial charge in [0, 0.05) is 44.1 Å². The van der Waals surface area contributed by atoms with Gasteiger partial charge in [0.05, 0.1) is 6.61 Å². The number of Topliss-reactive ketones (excluding diaryl/α,β-unsaturated/α-hetero) is 1. The molecule has 0 spiro atoms. The molecule has 1 amide bonds. The molecule has 0 saturated heterocycles. The zero-order valence-electron chi connectivity index (χ0n) is 16.5. The third-order valence-corrected chi connectivity index (χ3v) is 4.57. The molecule has 25 heavy (non-hydrogen) atoms. The fourth-order valence-electron chi connectivity index (χ4n) is 3.14. The minimum absolute atomic E-state index is 0.0506. The summed E-state index contributed by atoms with van der Waals surface area (Å²) in [5.41, 5.74) is 0. The second-order valence-electron chi connectivity index (χ2n) is 7.86. The summed E-state index contributed by atoms with van der Waals surface area (Å²) in [5.74, 6) is 1.28. The van der Waals surface area contributed by atoms with Gasteiger partial charge in [0.1, 0.15) is 5.78 Å². The zero-order chi connectivity index (χ0) is 18.7. The summed E-state index contributed by atoms with van der Waals surface area (Å²) in [6.07, 6.45) is 4.87. The number of nitrogens with one attached hydrogen (secondary N) is 1. The van der Waals surface area contributed by atoms with E-state index in [1.165, 1.54) is 0 Å². The first kappa shape index (κ1) is 22.1. The van der Waals surface area contributed by atoms with Crippen molar-refractivity contribution in [3.63, 3.8) is 0 Å². The van der Waals surface area contributed by atoms with Crippen molar-refractivity contribution in [3.05, 3.63) is 0 Å². The molecule has 0 aromatic heterocycles. The summed E-state index contributed by atoms with van der Waals surface area (Å²) >= 11 is 0.